The first-order valence-electron chi connectivity index (χ1n) is 9.49. The Morgan fingerprint density at radius 1 is 1.14 bits per heavy atom. The Labute approximate surface area is 168 Å². The monoisotopic (exact) mass is 400 g/mol. The van der Waals surface area contributed by atoms with Gasteiger partial charge in [0.1, 0.15) is 5.00 Å². The fraction of sp³-hybridized carbons (Fsp3) is 0.381. The van der Waals surface area contributed by atoms with Gasteiger partial charge < -0.3 is 15.4 Å². The maximum Gasteiger partial charge on any atom is 0.341 e. The molecule has 1 aromatic carbocycles. The summed E-state index contributed by atoms with van der Waals surface area (Å²) in [5.41, 5.74) is 1.80. The molecule has 2 amide bonds. The normalized spacial score (nSPS) is 13.1. The topological polar surface area (TPSA) is 84.5 Å². The van der Waals surface area contributed by atoms with Crippen molar-refractivity contribution < 1.29 is 19.1 Å². The Morgan fingerprint density at radius 3 is 2.46 bits per heavy atom. The lowest BCUT2D eigenvalue weighted by Gasteiger charge is -2.08. The summed E-state index contributed by atoms with van der Waals surface area (Å²) >= 11 is 1.38. The van der Waals surface area contributed by atoms with Gasteiger partial charge in [-0.25, -0.2) is 4.79 Å². The van der Waals surface area contributed by atoms with E-state index in [1.54, 1.807) is 25.1 Å². The minimum Gasteiger partial charge on any atom is -0.462 e. The minimum absolute atomic E-state index is 0.0951. The van der Waals surface area contributed by atoms with E-state index in [9.17, 15) is 14.4 Å². The number of benzene rings is 1. The molecule has 1 heterocycles. The van der Waals surface area contributed by atoms with Crippen LogP contribution in [0.15, 0.2) is 30.3 Å². The van der Waals surface area contributed by atoms with Crippen molar-refractivity contribution in [1.29, 1.82) is 0 Å². The van der Waals surface area contributed by atoms with Gasteiger partial charge in [0, 0.05) is 22.9 Å². The Balaban J connectivity index is 1.64. The Morgan fingerprint density at radius 2 is 1.86 bits per heavy atom. The molecule has 1 fully saturated rings. The van der Waals surface area contributed by atoms with E-state index in [0.717, 1.165) is 29.7 Å². The van der Waals surface area contributed by atoms with E-state index in [1.807, 2.05) is 19.1 Å². The number of rotatable bonds is 8. The van der Waals surface area contributed by atoms with Gasteiger partial charge in [0.15, 0.2) is 0 Å². The summed E-state index contributed by atoms with van der Waals surface area (Å²) in [5, 5.41) is 6.23. The summed E-state index contributed by atoms with van der Waals surface area (Å²) in [5.74, 6) is -0.450. The van der Waals surface area contributed by atoms with Crippen LogP contribution >= 0.6 is 11.3 Å². The van der Waals surface area contributed by atoms with Crippen LogP contribution in [0.2, 0.25) is 0 Å². The molecule has 1 aliphatic carbocycles. The van der Waals surface area contributed by atoms with E-state index in [1.165, 1.54) is 11.3 Å². The number of nitrogens with one attached hydrogen (secondary N) is 2. The highest BCUT2D eigenvalue weighted by Gasteiger charge is 2.29. The molecule has 0 saturated heterocycles. The first-order valence-corrected chi connectivity index (χ1v) is 10.3. The number of hydrogen-bond donors (Lipinski definition) is 2. The van der Waals surface area contributed by atoms with Crippen molar-refractivity contribution in [1.82, 2.24) is 5.32 Å². The Hall–Kier alpha value is -2.67. The number of thiophene rings is 1. The Bertz CT molecular complexity index is 869. The predicted octanol–water partition coefficient (Wildman–Crippen LogP) is 3.77. The summed E-state index contributed by atoms with van der Waals surface area (Å²) in [6, 6.07) is 8.84. The molecule has 0 spiro atoms. The molecule has 7 heteroatoms. The van der Waals surface area contributed by atoms with E-state index in [0.29, 0.717) is 22.7 Å². The maximum atomic E-state index is 12.6. The number of carbonyl (C=O) groups excluding carboxylic acids is 3. The van der Waals surface area contributed by atoms with Gasteiger partial charge in [0.25, 0.3) is 5.91 Å². The van der Waals surface area contributed by atoms with Crippen LogP contribution in [0.1, 0.15) is 57.8 Å². The first kappa shape index (κ1) is 20.1. The van der Waals surface area contributed by atoms with Gasteiger partial charge in [-0.3, -0.25) is 9.59 Å². The lowest BCUT2D eigenvalue weighted by molar-refractivity contribution is -0.122. The number of hydrogen-bond acceptors (Lipinski definition) is 5. The molecule has 1 aliphatic rings. The van der Waals surface area contributed by atoms with Crippen molar-refractivity contribution >= 4 is 34.1 Å². The van der Waals surface area contributed by atoms with Gasteiger partial charge in [-0.2, -0.15) is 0 Å². The summed E-state index contributed by atoms with van der Waals surface area (Å²) in [4.78, 5) is 37.4. The zero-order valence-corrected chi connectivity index (χ0v) is 16.9. The second kappa shape index (κ2) is 9.01. The SMILES string of the molecule is CCOC(=O)c1cc(CC)sc1NC(=O)c1ccc(CNC(=O)C2CC2)cc1. The fourth-order valence-electron chi connectivity index (χ4n) is 2.70. The lowest BCUT2D eigenvalue weighted by atomic mass is 10.1. The van der Waals surface area contributed by atoms with Crippen LogP contribution in [0.4, 0.5) is 5.00 Å². The van der Waals surface area contributed by atoms with E-state index >= 15 is 0 Å². The second-order valence-electron chi connectivity index (χ2n) is 6.67. The van der Waals surface area contributed by atoms with Gasteiger partial charge >= 0.3 is 5.97 Å². The molecule has 0 radical (unpaired) electrons. The van der Waals surface area contributed by atoms with Gasteiger partial charge in [-0.15, -0.1) is 11.3 Å². The van der Waals surface area contributed by atoms with Crippen LogP contribution in [0.25, 0.3) is 0 Å². The van der Waals surface area contributed by atoms with E-state index in [4.69, 9.17) is 4.74 Å². The number of carbonyl (C=O) groups is 3. The van der Waals surface area contributed by atoms with Gasteiger partial charge in [0.05, 0.1) is 12.2 Å². The van der Waals surface area contributed by atoms with Crippen LogP contribution in [0.5, 0.6) is 0 Å². The standard InChI is InChI=1S/C21H24N2O4S/c1-3-16-11-17(21(26)27-4-2)20(28-16)23-19(25)15-7-5-13(6-8-15)12-22-18(24)14-9-10-14/h5-8,11,14H,3-4,9-10,12H2,1-2H3,(H,22,24)(H,23,25). The van der Waals surface area contributed by atoms with Gasteiger partial charge in [-0.05, 0) is 49.9 Å². The number of anilines is 1. The highest BCUT2D eigenvalue weighted by molar-refractivity contribution is 7.16. The average molecular weight is 401 g/mol. The molecule has 6 nitrogen and oxygen atoms in total. The van der Waals surface area contributed by atoms with Crippen molar-refractivity contribution in [3.63, 3.8) is 0 Å². The zero-order chi connectivity index (χ0) is 20.1. The molecule has 0 bridgehead atoms. The molecule has 1 aromatic heterocycles. The van der Waals surface area contributed by atoms with Crippen molar-refractivity contribution in [3.8, 4) is 0 Å². The summed E-state index contributed by atoms with van der Waals surface area (Å²) in [6.45, 7) is 4.47. The van der Waals surface area contributed by atoms with Crippen LogP contribution in [0.3, 0.4) is 0 Å². The zero-order valence-electron chi connectivity index (χ0n) is 16.0. The van der Waals surface area contributed by atoms with Gasteiger partial charge in [0.2, 0.25) is 5.91 Å². The molecule has 0 aliphatic heterocycles. The molecule has 3 rings (SSSR count). The summed E-state index contributed by atoms with van der Waals surface area (Å²) in [6.07, 6.45) is 2.72. The van der Waals surface area contributed by atoms with E-state index in [2.05, 4.69) is 10.6 Å². The molecule has 0 unspecified atom stereocenters. The summed E-state index contributed by atoms with van der Waals surface area (Å²) in [7, 11) is 0. The quantitative estimate of drug-likeness (QED) is 0.661. The second-order valence-corrected chi connectivity index (χ2v) is 7.81. The molecule has 2 aromatic rings. The maximum absolute atomic E-state index is 12.6. The van der Waals surface area contributed by atoms with Crippen LogP contribution in [-0.2, 0) is 22.5 Å². The first-order chi connectivity index (χ1) is 13.5. The van der Waals surface area contributed by atoms with E-state index < -0.39 is 5.97 Å². The highest BCUT2D eigenvalue weighted by atomic mass is 32.1. The van der Waals surface area contributed by atoms with Crippen molar-refractivity contribution in [3.05, 3.63) is 51.9 Å². The third kappa shape index (κ3) is 4.98. The number of amides is 2. The predicted molar refractivity (Wildman–Crippen MR) is 109 cm³/mol. The smallest absolute Gasteiger partial charge is 0.341 e. The largest absolute Gasteiger partial charge is 0.462 e. The van der Waals surface area contributed by atoms with Crippen LogP contribution in [-0.4, -0.2) is 24.4 Å². The highest BCUT2D eigenvalue weighted by Crippen LogP contribution is 2.30. The minimum atomic E-state index is -0.435. The van der Waals surface area contributed by atoms with Crippen molar-refractivity contribution in [2.24, 2.45) is 5.92 Å². The lowest BCUT2D eigenvalue weighted by Crippen LogP contribution is -2.24. The molecule has 1 saturated carbocycles. The number of esters is 1. The Kier molecular flexibility index (Phi) is 6.46. The fourth-order valence-corrected chi connectivity index (χ4v) is 3.68. The molecule has 0 atom stereocenters. The molecule has 2 N–H and O–H groups in total. The summed E-state index contributed by atoms with van der Waals surface area (Å²) < 4.78 is 5.08. The molecular formula is C21H24N2O4S. The van der Waals surface area contributed by atoms with E-state index in [-0.39, 0.29) is 24.3 Å². The molecule has 28 heavy (non-hydrogen) atoms. The van der Waals surface area contributed by atoms with Crippen LogP contribution < -0.4 is 10.6 Å². The average Bonchev–Trinajstić information content (AvgIpc) is 3.47. The van der Waals surface area contributed by atoms with Crippen LogP contribution in [0, 0.1) is 5.92 Å². The van der Waals surface area contributed by atoms with Gasteiger partial charge in [-0.1, -0.05) is 19.1 Å². The molecular weight excluding hydrogens is 376 g/mol. The molecule has 148 valence electrons. The third-order valence-electron chi connectivity index (χ3n) is 4.48. The number of ether oxygens (including phenoxy) is 1. The third-order valence-corrected chi connectivity index (χ3v) is 5.68. The van der Waals surface area contributed by atoms with Crippen molar-refractivity contribution in [2.75, 3.05) is 11.9 Å². The van der Waals surface area contributed by atoms with Crippen molar-refractivity contribution in [2.45, 2.75) is 39.7 Å². The number of aryl methyl sites for hydroxylation is 1.